The molecule has 6 heteroatoms. The van der Waals surface area contributed by atoms with Crippen molar-refractivity contribution in [3.05, 3.63) is 132 Å². The predicted octanol–water partition coefficient (Wildman–Crippen LogP) is 6.69. The maximum absolute atomic E-state index is 13.8. The van der Waals surface area contributed by atoms with Crippen molar-refractivity contribution in [2.75, 3.05) is 6.54 Å². The Labute approximate surface area is 211 Å². The fourth-order valence-electron chi connectivity index (χ4n) is 4.02. The zero-order valence-electron chi connectivity index (χ0n) is 18.1. The second-order valence-electron chi connectivity index (χ2n) is 7.75. The number of aromatic nitrogens is 1. The van der Waals surface area contributed by atoms with Gasteiger partial charge in [0.15, 0.2) is 0 Å². The summed E-state index contributed by atoms with van der Waals surface area (Å²) in [6.45, 7) is 1.08. The molecule has 3 heterocycles. The maximum atomic E-state index is 13.8. The molecule has 0 fully saturated rings. The van der Waals surface area contributed by atoms with Crippen LogP contribution in [0.25, 0.3) is 27.7 Å². The van der Waals surface area contributed by atoms with E-state index in [0.717, 1.165) is 36.2 Å². The van der Waals surface area contributed by atoms with E-state index in [2.05, 4.69) is 45.7 Å². The topological polar surface area (TPSA) is 30.2 Å². The number of halogens is 2. The molecule has 0 N–H and O–H groups in total. The van der Waals surface area contributed by atoms with Gasteiger partial charge in [0.05, 0.1) is 0 Å². The van der Waals surface area contributed by atoms with Crippen LogP contribution in [0.5, 0.6) is 0 Å². The van der Waals surface area contributed by atoms with Crippen molar-refractivity contribution < 1.29 is 28.9 Å². The summed E-state index contributed by atoms with van der Waals surface area (Å²) in [6.07, 6.45) is 6.89. The van der Waals surface area contributed by atoms with Gasteiger partial charge in [0, 0.05) is 24.4 Å². The molecular formula is C28H20F2IrN3. The van der Waals surface area contributed by atoms with Crippen LogP contribution in [0, 0.1) is 23.8 Å². The van der Waals surface area contributed by atoms with E-state index in [4.69, 9.17) is 0 Å². The fourth-order valence-corrected chi connectivity index (χ4v) is 4.02. The molecule has 6 rings (SSSR count). The minimum atomic E-state index is -0.664. The molecule has 170 valence electrons. The van der Waals surface area contributed by atoms with Gasteiger partial charge in [0.1, 0.15) is 0 Å². The van der Waals surface area contributed by atoms with Crippen molar-refractivity contribution in [3.63, 3.8) is 0 Å². The molecule has 34 heavy (non-hydrogen) atoms. The van der Waals surface area contributed by atoms with Crippen molar-refractivity contribution >= 4 is 0 Å². The minimum absolute atomic E-state index is 0. The third-order valence-electron chi connectivity index (χ3n) is 5.66. The standard InChI is InChI=1S/C17H10F2N.C11H10N2.Ir/c18-14-6-7-15(16(19)11-14)17-10-13(8-9-20-17)12-4-2-1-3-5-12;1-2-4-10-9(3-1)5-7-13-8-6-12-11(10)13;/h1-6,8-11H;1-3,6,8,11H,5,7H2;/q-1;-2;+3. The molecule has 0 amide bonds. The van der Waals surface area contributed by atoms with Gasteiger partial charge >= 0.3 is 20.1 Å². The van der Waals surface area contributed by atoms with Crippen LogP contribution in [0.3, 0.4) is 0 Å². The number of fused-ring (bicyclic) bond motifs is 3. The van der Waals surface area contributed by atoms with Crippen LogP contribution in [0.15, 0.2) is 91.4 Å². The first kappa shape index (κ1) is 23.8. The minimum Gasteiger partial charge on any atom is -0.668 e. The maximum Gasteiger partial charge on any atom is 3.00 e. The second-order valence-corrected chi connectivity index (χ2v) is 7.75. The van der Waals surface area contributed by atoms with Crippen LogP contribution in [-0.4, -0.2) is 16.4 Å². The quantitative estimate of drug-likeness (QED) is 0.232. The number of benzene rings is 3. The molecule has 2 aliphatic rings. The van der Waals surface area contributed by atoms with Gasteiger partial charge in [0.25, 0.3) is 0 Å². The van der Waals surface area contributed by atoms with E-state index >= 15 is 0 Å². The Bertz CT molecular complexity index is 1290. The Hall–Kier alpha value is -3.34. The fraction of sp³-hybridized carbons (Fsp3) is 0.107. The molecule has 1 atom stereocenters. The zero-order chi connectivity index (χ0) is 22.6. The van der Waals surface area contributed by atoms with Crippen molar-refractivity contribution in [2.45, 2.75) is 12.6 Å². The molecule has 4 aromatic rings. The third kappa shape index (κ3) is 5.09. The average molecular weight is 629 g/mol. The van der Waals surface area contributed by atoms with Crippen molar-refractivity contribution in [1.82, 2.24) is 9.88 Å². The Balaban J connectivity index is 0.000000169. The molecule has 0 spiro atoms. The Morgan fingerprint density at radius 3 is 2.65 bits per heavy atom. The van der Waals surface area contributed by atoms with Gasteiger partial charge < -0.3 is 15.2 Å². The number of hydrogen-bond acceptors (Lipinski definition) is 2. The van der Waals surface area contributed by atoms with Gasteiger partial charge in [-0.2, -0.15) is 41.6 Å². The number of nitrogens with zero attached hydrogens (tertiary/aromatic N) is 3. The molecule has 0 bridgehead atoms. The number of pyridine rings is 1. The average Bonchev–Trinajstić information content (AvgIpc) is 3.35. The van der Waals surface area contributed by atoms with E-state index in [0.29, 0.717) is 5.69 Å². The summed E-state index contributed by atoms with van der Waals surface area (Å²) in [7, 11) is 0. The Morgan fingerprint density at radius 2 is 1.82 bits per heavy atom. The molecule has 1 aromatic heterocycles. The smallest absolute Gasteiger partial charge is 0.668 e. The van der Waals surface area contributed by atoms with Crippen LogP contribution in [0.4, 0.5) is 8.78 Å². The van der Waals surface area contributed by atoms with Crippen LogP contribution in [0.1, 0.15) is 17.3 Å². The van der Waals surface area contributed by atoms with Crippen LogP contribution < -0.4 is 0 Å². The Kier molecular flexibility index (Phi) is 7.51. The summed E-state index contributed by atoms with van der Waals surface area (Å²) >= 11 is 0. The predicted molar refractivity (Wildman–Crippen MR) is 125 cm³/mol. The normalized spacial score (nSPS) is 15.2. The van der Waals surface area contributed by atoms with Gasteiger partial charge in [-0.25, -0.2) is 0 Å². The van der Waals surface area contributed by atoms with Crippen molar-refractivity contribution in [2.24, 2.45) is 0 Å². The van der Waals surface area contributed by atoms with Crippen molar-refractivity contribution in [1.29, 1.82) is 0 Å². The molecule has 3 aromatic carbocycles. The summed E-state index contributed by atoms with van der Waals surface area (Å²) in [5, 5.41) is 4.41. The SMILES string of the molecule is Fc1c[c-]c(-c2cc(-c3ccccc3)ccn2)c(F)c1.[Ir+3].[c-]1cccc2c1C1[N-]C=CN1CC2. The number of hydrogen-bond donors (Lipinski definition) is 0. The monoisotopic (exact) mass is 629 g/mol. The van der Waals surface area contributed by atoms with E-state index in [-0.39, 0.29) is 31.8 Å². The largest absolute Gasteiger partial charge is 3.00 e. The van der Waals surface area contributed by atoms with E-state index in [1.165, 1.54) is 11.1 Å². The summed E-state index contributed by atoms with van der Waals surface area (Å²) in [5.41, 5.74) is 5.19. The molecule has 3 nitrogen and oxygen atoms in total. The van der Waals surface area contributed by atoms with Crippen LogP contribution in [-0.2, 0) is 26.5 Å². The Morgan fingerprint density at radius 1 is 0.971 bits per heavy atom. The van der Waals surface area contributed by atoms with Gasteiger partial charge in [-0.3, -0.25) is 8.78 Å². The molecule has 0 radical (unpaired) electrons. The van der Waals surface area contributed by atoms with Crippen LogP contribution in [0.2, 0.25) is 0 Å². The number of rotatable bonds is 2. The van der Waals surface area contributed by atoms with E-state index in [1.54, 1.807) is 12.3 Å². The zero-order valence-corrected chi connectivity index (χ0v) is 20.5. The van der Waals surface area contributed by atoms with Crippen LogP contribution >= 0.6 is 0 Å². The first-order valence-electron chi connectivity index (χ1n) is 10.7. The summed E-state index contributed by atoms with van der Waals surface area (Å²) in [4.78, 5) is 6.39. The molecule has 1 unspecified atom stereocenters. The summed E-state index contributed by atoms with van der Waals surface area (Å²) in [5.74, 6) is -1.31. The second kappa shape index (κ2) is 10.7. The molecule has 0 saturated heterocycles. The van der Waals surface area contributed by atoms with E-state index in [1.807, 2.05) is 48.7 Å². The van der Waals surface area contributed by atoms with E-state index < -0.39 is 11.6 Å². The van der Waals surface area contributed by atoms with Gasteiger partial charge in [-0.15, -0.1) is 12.1 Å². The summed E-state index contributed by atoms with van der Waals surface area (Å²) in [6, 6.07) is 27.3. The first-order valence-corrected chi connectivity index (χ1v) is 10.7. The molecule has 0 saturated carbocycles. The first-order chi connectivity index (χ1) is 16.2. The van der Waals surface area contributed by atoms with Gasteiger partial charge in [-0.05, 0) is 35.3 Å². The molecular weight excluding hydrogens is 609 g/mol. The molecule has 2 aliphatic heterocycles. The molecule has 0 aliphatic carbocycles. The third-order valence-corrected chi connectivity index (χ3v) is 5.66. The van der Waals surface area contributed by atoms with Crippen molar-refractivity contribution in [3.8, 4) is 22.4 Å². The van der Waals surface area contributed by atoms with Gasteiger partial charge in [0.2, 0.25) is 0 Å². The van der Waals surface area contributed by atoms with Gasteiger partial charge in [-0.1, -0.05) is 54.4 Å². The summed E-state index contributed by atoms with van der Waals surface area (Å²) < 4.78 is 26.7. The van der Waals surface area contributed by atoms with E-state index in [9.17, 15) is 8.78 Å².